The molecule has 6 heteroatoms. The average Bonchev–Trinajstić information content (AvgIpc) is 3.28. The van der Waals surface area contributed by atoms with E-state index < -0.39 is 0 Å². The van der Waals surface area contributed by atoms with Crippen molar-refractivity contribution in [1.29, 1.82) is 0 Å². The molecule has 0 saturated heterocycles. The Kier molecular flexibility index (Phi) is 3.46. The van der Waals surface area contributed by atoms with Crippen LogP contribution in [0.25, 0.3) is 17.2 Å². The van der Waals surface area contributed by atoms with Crippen molar-refractivity contribution in [2.24, 2.45) is 5.92 Å². The molecule has 0 unspecified atom stereocenters. The first kappa shape index (κ1) is 13.8. The summed E-state index contributed by atoms with van der Waals surface area (Å²) in [6.07, 6.45) is 9.51. The van der Waals surface area contributed by atoms with Crippen molar-refractivity contribution in [3.05, 3.63) is 30.3 Å². The summed E-state index contributed by atoms with van der Waals surface area (Å²) in [6.45, 7) is 0. The van der Waals surface area contributed by atoms with Gasteiger partial charge in [-0.15, -0.1) is 5.10 Å². The fraction of sp³-hybridized carbons (Fsp3) is 0.353. The number of aromatic nitrogens is 4. The number of furan rings is 1. The lowest BCUT2D eigenvalue weighted by molar-refractivity contribution is 0.566. The van der Waals surface area contributed by atoms with E-state index >= 15 is 0 Å². The Morgan fingerprint density at radius 1 is 1.30 bits per heavy atom. The first-order valence-electron chi connectivity index (χ1n) is 7.85. The number of nitrogens with two attached hydrogens (primary N) is 1. The first-order chi connectivity index (χ1) is 11.3. The largest absolute Gasteiger partial charge is 0.461 e. The Morgan fingerprint density at radius 3 is 2.96 bits per heavy atom. The van der Waals surface area contributed by atoms with Gasteiger partial charge in [0.05, 0.1) is 12.5 Å². The third-order valence-electron chi connectivity index (χ3n) is 4.17. The Hall–Kier alpha value is -2.81. The van der Waals surface area contributed by atoms with Gasteiger partial charge < -0.3 is 10.2 Å². The molecule has 0 bridgehead atoms. The van der Waals surface area contributed by atoms with E-state index in [1.165, 1.54) is 25.7 Å². The zero-order valence-corrected chi connectivity index (χ0v) is 12.7. The maximum absolute atomic E-state index is 5.98. The van der Waals surface area contributed by atoms with Crippen LogP contribution in [0, 0.1) is 17.8 Å². The van der Waals surface area contributed by atoms with Gasteiger partial charge in [0.25, 0.3) is 0 Å². The van der Waals surface area contributed by atoms with Crippen molar-refractivity contribution in [1.82, 2.24) is 19.6 Å². The minimum Gasteiger partial charge on any atom is -0.461 e. The zero-order valence-electron chi connectivity index (χ0n) is 12.7. The van der Waals surface area contributed by atoms with Crippen LogP contribution < -0.4 is 5.73 Å². The van der Waals surface area contributed by atoms with Gasteiger partial charge in [-0.25, -0.2) is 14.5 Å². The molecule has 2 N–H and O–H groups in total. The second kappa shape index (κ2) is 5.76. The topological polar surface area (TPSA) is 82.2 Å². The Bertz CT molecular complexity index is 879. The van der Waals surface area contributed by atoms with Crippen LogP contribution in [0.2, 0.25) is 0 Å². The Balaban J connectivity index is 1.62. The molecule has 3 aromatic rings. The molecule has 0 amide bonds. The number of anilines is 1. The zero-order chi connectivity index (χ0) is 15.6. The molecule has 0 atom stereocenters. The minimum atomic E-state index is 0.322. The van der Waals surface area contributed by atoms with Crippen LogP contribution in [0.4, 0.5) is 5.82 Å². The van der Waals surface area contributed by atoms with E-state index in [0.29, 0.717) is 28.7 Å². The summed E-state index contributed by atoms with van der Waals surface area (Å²) in [5.74, 6) is 8.46. The normalized spacial score (nSPS) is 15.0. The molecule has 23 heavy (non-hydrogen) atoms. The summed E-state index contributed by atoms with van der Waals surface area (Å²) >= 11 is 0. The van der Waals surface area contributed by atoms with Gasteiger partial charge in [-0.05, 0) is 36.8 Å². The predicted octanol–water partition coefficient (Wildman–Crippen LogP) is 2.90. The van der Waals surface area contributed by atoms with Gasteiger partial charge in [0.15, 0.2) is 17.2 Å². The van der Waals surface area contributed by atoms with Crippen LogP contribution in [0.3, 0.4) is 0 Å². The molecule has 6 nitrogen and oxygen atoms in total. The van der Waals surface area contributed by atoms with Crippen LogP contribution in [0.1, 0.15) is 37.8 Å². The molecular weight excluding hydrogens is 290 g/mol. The van der Waals surface area contributed by atoms with Gasteiger partial charge in [-0.2, -0.15) is 0 Å². The second-order valence-electron chi connectivity index (χ2n) is 5.85. The van der Waals surface area contributed by atoms with Crippen molar-refractivity contribution in [3.8, 4) is 23.4 Å². The van der Waals surface area contributed by atoms with Crippen molar-refractivity contribution in [3.63, 3.8) is 0 Å². The van der Waals surface area contributed by atoms with E-state index in [1.807, 2.05) is 0 Å². The molecule has 0 aliphatic heterocycles. The first-order valence-corrected chi connectivity index (χ1v) is 7.85. The SMILES string of the molecule is Nc1nc(C#CCC2CCCC2)cn2nc(-c3ccco3)nc12. The Morgan fingerprint density at radius 2 is 2.17 bits per heavy atom. The van der Waals surface area contributed by atoms with Crippen molar-refractivity contribution >= 4 is 11.5 Å². The molecule has 0 radical (unpaired) electrons. The van der Waals surface area contributed by atoms with Crippen LogP contribution in [-0.2, 0) is 0 Å². The van der Waals surface area contributed by atoms with Crippen LogP contribution in [0.5, 0.6) is 0 Å². The summed E-state index contributed by atoms with van der Waals surface area (Å²) < 4.78 is 6.92. The number of nitrogens with zero attached hydrogens (tertiary/aromatic N) is 4. The van der Waals surface area contributed by atoms with E-state index in [2.05, 4.69) is 26.9 Å². The number of fused-ring (bicyclic) bond motifs is 1. The number of nitrogen functional groups attached to an aromatic ring is 1. The van der Waals surface area contributed by atoms with Gasteiger partial charge >= 0.3 is 0 Å². The quantitative estimate of drug-likeness (QED) is 0.736. The third-order valence-corrected chi connectivity index (χ3v) is 4.17. The minimum absolute atomic E-state index is 0.322. The van der Waals surface area contributed by atoms with E-state index in [0.717, 1.165) is 12.3 Å². The number of rotatable bonds is 2. The molecule has 3 heterocycles. The Labute approximate surface area is 133 Å². The molecule has 1 aliphatic rings. The van der Waals surface area contributed by atoms with E-state index in [-0.39, 0.29) is 0 Å². The standard InChI is InChI=1S/C17H17N5O/c18-15-17-20-16(14-9-4-10-23-14)21-22(17)11-13(19-15)8-3-7-12-5-1-2-6-12/h4,9-12H,1-2,5-7H2,(H2,18,19). The second-order valence-corrected chi connectivity index (χ2v) is 5.85. The molecule has 3 aromatic heterocycles. The fourth-order valence-corrected chi connectivity index (χ4v) is 2.98. The lowest BCUT2D eigenvalue weighted by atomic mass is 10.1. The van der Waals surface area contributed by atoms with Crippen LogP contribution in [-0.4, -0.2) is 19.6 Å². The fourth-order valence-electron chi connectivity index (χ4n) is 2.98. The summed E-state index contributed by atoms with van der Waals surface area (Å²) in [7, 11) is 0. The molecule has 1 fully saturated rings. The summed E-state index contributed by atoms with van der Waals surface area (Å²) in [6, 6.07) is 3.60. The maximum Gasteiger partial charge on any atom is 0.218 e. The number of hydrogen-bond acceptors (Lipinski definition) is 5. The van der Waals surface area contributed by atoms with E-state index in [4.69, 9.17) is 10.2 Å². The predicted molar refractivity (Wildman–Crippen MR) is 86.3 cm³/mol. The van der Waals surface area contributed by atoms with Gasteiger partial charge in [-0.3, -0.25) is 0 Å². The van der Waals surface area contributed by atoms with Gasteiger partial charge in [0, 0.05) is 6.42 Å². The highest BCUT2D eigenvalue weighted by molar-refractivity contribution is 5.63. The van der Waals surface area contributed by atoms with Crippen molar-refractivity contribution in [2.75, 3.05) is 5.73 Å². The summed E-state index contributed by atoms with van der Waals surface area (Å²) in [5, 5.41) is 4.39. The summed E-state index contributed by atoms with van der Waals surface area (Å²) in [5.41, 5.74) is 7.11. The van der Waals surface area contributed by atoms with Gasteiger partial charge in [-0.1, -0.05) is 18.8 Å². The highest BCUT2D eigenvalue weighted by Gasteiger charge is 2.14. The average molecular weight is 307 g/mol. The van der Waals surface area contributed by atoms with Crippen LogP contribution >= 0.6 is 0 Å². The smallest absolute Gasteiger partial charge is 0.218 e. The molecule has 116 valence electrons. The van der Waals surface area contributed by atoms with Crippen molar-refractivity contribution in [2.45, 2.75) is 32.1 Å². The monoisotopic (exact) mass is 307 g/mol. The van der Waals surface area contributed by atoms with E-state index in [9.17, 15) is 0 Å². The molecule has 4 rings (SSSR count). The molecule has 1 saturated carbocycles. The van der Waals surface area contributed by atoms with E-state index in [1.54, 1.807) is 29.1 Å². The third kappa shape index (κ3) is 2.78. The van der Waals surface area contributed by atoms with Gasteiger partial charge in [0.1, 0.15) is 5.69 Å². The number of hydrogen-bond donors (Lipinski definition) is 1. The lowest BCUT2D eigenvalue weighted by Crippen LogP contribution is -2.00. The molecule has 1 aliphatic carbocycles. The van der Waals surface area contributed by atoms with Crippen molar-refractivity contribution < 1.29 is 4.42 Å². The molecule has 0 spiro atoms. The maximum atomic E-state index is 5.98. The van der Waals surface area contributed by atoms with Gasteiger partial charge in [0.2, 0.25) is 5.82 Å². The lowest BCUT2D eigenvalue weighted by Gasteiger charge is -2.00. The summed E-state index contributed by atoms with van der Waals surface area (Å²) in [4.78, 5) is 8.67. The van der Waals surface area contributed by atoms with Crippen LogP contribution in [0.15, 0.2) is 29.0 Å². The molecular formula is C17H17N5O. The highest BCUT2D eigenvalue weighted by atomic mass is 16.3. The molecule has 0 aromatic carbocycles. The highest BCUT2D eigenvalue weighted by Crippen LogP contribution is 2.27.